The molecule has 0 saturated carbocycles. The zero-order chi connectivity index (χ0) is 20.3. The van der Waals surface area contributed by atoms with Crippen LogP contribution in [-0.2, 0) is 19.6 Å². The highest BCUT2D eigenvalue weighted by Crippen LogP contribution is 2.27. The largest absolute Gasteiger partial charge is 0.456 e. The number of carbonyl (C=O) groups excluding carboxylic acids is 2. The van der Waals surface area contributed by atoms with Gasteiger partial charge in [-0.25, -0.2) is 8.42 Å². The van der Waals surface area contributed by atoms with Gasteiger partial charge in [-0.05, 0) is 19.1 Å². The van der Waals surface area contributed by atoms with Crippen molar-refractivity contribution in [2.24, 2.45) is 0 Å². The van der Waals surface area contributed by atoms with Gasteiger partial charge in [0.2, 0.25) is 10.0 Å². The van der Waals surface area contributed by atoms with Crippen molar-refractivity contribution in [2.45, 2.75) is 30.4 Å². The van der Waals surface area contributed by atoms with E-state index in [1.807, 2.05) is 6.92 Å². The lowest BCUT2D eigenvalue weighted by molar-refractivity contribution is -0.146. The number of sulfonamides is 1. The number of esters is 1. The number of ketones is 1. The van der Waals surface area contributed by atoms with Gasteiger partial charge < -0.3 is 9.84 Å². The van der Waals surface area contributed by atoms with Gasteiger partial charge in [0.05, 0.1) is 11.0 Å². The van der Waals surface area contributed by atoms with E-state index in [-0.39, 0.29) is 23.6 Å². The standard InChI is InChI=1S/C20H21NO6S/c1-14-7-9-17(10-8-14)28(25,26)21-12-16(22)11-18(21)20(24)27-13-19(23)15-5-3-2-4-6-15/h2-10,16,18,22H,11-13H2,1H3/t16-,18-/m1/s1. The van der Waals surface area contributed by atoms with E-state index in [4.69, 9.17) is 4.74 Å². The van der Waals surface area contributed by atoms with Crippen molar-refractivity contribution in [3.8, 4) is 0 Å². The average Bonchev–Trinajstić information content (AvgIpc) is 3.09. The Morgan fingerprint density at radius 2 is 1.75 bits per heavy atom. The number of Topliss-reactive ketones (excluding diaryl/α,β-unsaturated/α-hetero) is 1. The van der Waals surface area contributed by atoms with Crippen molar-refractivity contribution in [2.75, 3.05) is 13.2 Å². The first-order chi connectivity index (χ1) is 13.3. The van der Waals surface area contributed by atoms with Crippen LogP contribution in [0, 0.1) is 6.92 Å². The van der Waals surface area contributed by atoms with Gasteiger partial charge in [0.25, 0.3) is 0 Å². The van der Waals surface area contributed by atoms with Crippen molar-refractivity contribution < 1.29 is 27.9 Å². The maximum absolute atomic E-state index is 12.9. The summed E-state index contributed by atoms with van der Waals surface area (Å²) in [5, 5.41) is 9.95. The number of rotatable bonds is 6. The SMILES string of the molecule is Cc1ccc(S(=O)(=O)N2C[C@H](O)C[C@@H]2C(=O)OCC(=O)c2ccccc2)cc1. The van der Waals surface area contributed by atoms with Crippen LogP contribution in [0.25, 0.3) is 0 Å². The van der Waals surface area contributed by atoms with E-state index in [1.54, 1.807) is 42.5 Å². The topological polar surface area (TPSA) is 101 Å². The quantitative estimate of drug-likeness (QED) is 0.580. The summed E-state index contributed by atoms with van der Waals surface area (Å²) in [6, 6.07) is 13.4. The first-order valence-corrected chi connectivity index (χ1v) is 10.2. The Kier molecular flexibility index (Phi) is 5.93. The zero-order valence-electron chi connectivity index (χ0n) is 15.3. The van der Waals surface area contributed by atoms with Crippen LogP contribution in [0.4, 0.5) is 0 Å². The smallest absolute Gasteiger partial charge is 0.325 e. The third-order valence-electron chi connectivity index (χ3n) is 4.57. The number of hydrogen-bond acceptors (Lipinski definition) is 6. The van der Waals surface area contributed by atoms with Gasteiger partial charge in [-0.2, -0.15) is 4.31 Å². The van der Waals surface area contributed by atoms with Crippen LogP contribution < -0.4 is 0 Å². The highest BCUT2D eigenvalue weighted by atomic mass is 32.2. The van der Waals surface area contributed by atoms with Crippen LogP contribution >= 0.6 is 0 Å². The van der Waals surface area contributed by atoms with Crippen LogP contribution in [-0.4, -0.2) is 54.9 Å². The Morgan fingerprint density at radius 1 is 1.11 bits per heavy atom. The van der Waals surface area contributed by atoms with Gasteiger partial charge in [-0.1, -0.05) is 48.0 Å². The summed E-state index contributed by atoms with van der Waals surface area (Å²) in [6.07, 6.45) is -1.06. The van der Waals surface area contributed by atoms with E-state index in [0.29, 0.717) is 5.56 Å². The molecule has 1 saturated heterocycles. The van der Waals surface area contributed by atoms with Crippen LogP contribution in [0.15, 0.2) is 59.5 Å². The van der Waals surface area contributed by atoms with Gasteiger partial charge >= 0.3 is 5.97 Å². The molecular weight excluding hydrogens is 382 g/mol. The molecule has 28 heavy (non-hydrogen) atoms. The maximum atomic E-state index is 12.9. The van der Waals surface area contributed by atoms with E-state index in [2.05, 4.69) is 0 Å². The summed E-state index contributed by atoms with van der Waals surface area (Å²) < 4.78 is 31.8. The Hall–Kier alpha value is -2.55. The van der Waals surface area contributed by atoms with Crippen LogP contribution in [0.3, 0.4) is 0 Å². The molecule has 0 radical (unpaired) electrons. The van der Waals surface area contributed by atoms with Crippen LogP contribution in [0.5, 0.6) is 0 Å². The molecule has 148 valence electrons. The van der Waals surface area contributed by atoms with Crippen molar-refractivity contribution in [3.05, 3.63) is 65.7 Å². The summed E-state index contributed by atoms with van der Waals surface area (Å²) in [5.41, 5.74) is 1.29. The first-order valence-electron chi connectivity index (χ1n) is 8.80. The fourth-order valence-corrected chi connectivity index (χ4v) is 4.68. The second-order valence-corrected chi connectivity index (χ2v) is 8.58. The normalized spacial score (nSPS) is 20.1. The highest BCUT2D eigenvalue weighted by Gasteiger charge is 2.44. The number of benzene rings is 2. The molecule has 3 rings (SSSR count). The number of aryl methyl sites for hydroxylation is 1. The summed E-state index contributed by atoms with van der Waals surface area (Å²) in [7, 11) is -3.99. The lowest BCUT2D eigenvalue weighted by atomic mass is 10.1. The molecule has 1 fully saturated rings. The van der Waals surface area contributed by atoms with Crippen molar-refractivity contribution in [1.29, 1.82) is 0 Å². The van der Waals surface area contributed by atoms with Crippen LogP contribution in [0.1, 0.15) is 22.3 Å². The number of nitrogens with zero attached hydrogens (tertiary/aromatic N) is 1. The molecule has 0 aliphatic carbocycles. The lowest BCUT2D eigenvalue weighted by Gasteiger charge is -2.22. The summed E-state index contributed by atoms with van der Waals surface area (Å²) in [6.45, 7) is 1.14. The minimum Gasteiger partial charge on any atom is -0.456 e. The number of aliphatic hydroxyl groups excluding tert-OH is 1. The lowest BCUT2D eigenvalue weighted by Crippen LogP contribution is -2.41. The number of hydrogen-bond donors (Lipinski definition) is 1. The molecule has 0 aromatic heterocycles. The fourth-order valence-electron chi connectivity index (χ4n) is 3.05. The molecule has 0 amide bonds. The third-order valence-corrected chi connectivity index (χ3v) is 6.46. The zero-order valence-corrected chi connectivity index (χ0v) is 16.1. The van der Waals surface area contributed by atoms with E-state index in [9.17, 15) is 23.1 Å². The van der Waals surface area contributed by atoms with Gasteiger partial charge in [-0.3, -0.25) is 9.59 Å². The van der Waals surface area contributed by atoms with Crippen molar-refractivity contribution in [1.82, 2.24) is 4.31 Å². The van der Waals surface area contributed by atoms with Crippen molar-refractivity contribution >= 4 is 21.8 Å². The minimum atomic E-state index is -3.99. The predicted molar refractivity (Wildman–Crippen MR) is 101 cm³/mol. The van der Waals surface area contributed by atoms with E-state index >= 15 is 0 Å². The van der Waals surface area contributed by atoms with Crippen molar-refractivity contribution in [3.63, 3.8) is 0 Å². The van der Waals surface area contributed by atoms with E-state index in [1.165, 1.54) is 12.1 Å². The maximum Gasteiger partial charge on any atom is 0.325 e. The Labute approximate surface area is 163 Å². The molecular formula is C20H21NO6S. The molecule has 1 aliphatic heterocycles. The summed E-state index contributed by atoms with van der Waals surface area (Å²) >= 11 is 0. The molecule has 0 bridgehead atoms. The van der Waals surface area contributed by atoms with Gasteiger partial charge in [0, 0.05) is 18.5 Å². The fraction of sp³-hybridized carbons (Fsp3) is 0.300. The molecule has 0 spiro atoms. The molecule has 2 aromatic carbocycles. The predicted octanol–water partition coefficient (Wildman–Crippen LogP) is 1.55. The second-order valence-electron chi connectivity index (χ2n) is 6.69. The molecule has 8 heteroatoms. The molecule has 2 atom stereocenters. The number of β-amino-alcohol motifs (C(OH)–C–C–N with tert-alkyl or cyclic N) is 1. The Balaban J connectivity index is 1.73. The molecule has 2 aromatic rings. The molecule has 1 N–H and O–H groups in total. The Morgan fingerprint density at radius 3 is 2.39 bits per heavy atom. The number of aliphatic hydroxyl groups is 1. The summed E-state index contributed by atoms with van der Waals surface area (Å²) in [5.74, 6) is -1.24. The Bertz CT molecular complexity index is 956. The molecule has 1 heterocycles. The third kappa shape index (κ3) is 4.30. The second kappa shape index (κ2) is 8.22. The highest BCUT2D eigenvalue weighted by molar-refractivity contribution is 7.89. The number of carbonyl (C=O) groups is 2. The monoisotopic (exact) mass is 403 g/mol. The molecule has 0 unspecified atom stereocenters. The van der Waals surface area contributed by atoms with Gasteiger partial charge in [0.1, 0.15) is 6.04 Å². The minimum absolute atomic E-state index is 0.0327. The average molecular weight is 403 g/mol. The van der Waals surface area contributed by atoms with E-state index in [0.717, 1.165) is 9.87 Å². The van der Waals surface area contributed by atoms with Crippen LogP contribution in [0.2, 0.25) is 0 Å². The molecule has 1 aliphatic rings. The van der Waals surface area contributed by atoms with Gasteiger partial charge in [0.15, 0.2) is 12.4 Å². The van der Waals surface area contributed by atoms with E-state index < -0.39 is 34.7 Å². The number of ether oxygens (including phenoxy) is 1. The summed E-state index contributed by atoms with van der Waals surface area (Å²) in [4.78, 5) is 24.6. The first kappa shape index (κ1) is 20.2. The van der Waals surface area contributed by atoms with Gasteiger partial charge in [-0.15, -0.1) is 0 Å². The molecule has 7 nitrogen and oxygen atoms in total.